The Hall–Kier alpha value is -3.60. The first-order valence-corrected chi connectivity index (χ1v) is 7.81. The van der Waals surface area contributed by atoms with Crippen molar-refractivity contribution in [1.29, 1.82) is 0 Å². The molecule has 5 heteroatoms. The summed E-state index contributed by atoms with van der Waals surface area (Å²) >= 11 is 0. The van der Waals surface area contributed by atoms with Gasteiger partial charge >= 0.3 is 0 Å². The van der Waals surface area contributed by atoms with Crippen LogP contribution in [0.25, 0.3) is 22.8 Å². The highest BCUT2D eigenvalue weighted by Crippen LogP contribution is 2.33. The summed E-state index contributed by atoms with van der Waals surface area (Å²) in [5.74, 6) is 2.27. The van der Waals surface area contributed by atoms with Gasteiger partial charge in [-0.05, 0) is 36.4 Å². The van der Waals surface area contributed by atoms with Gasteiger partial charge in [0.05, 0.1) is 5.56 Å². The smallest absolute Gasteiger partial charge is 0.262 e. The summed E-state index contributed by atoms with van der Waals surface area (Å²) in [6.45, 7) is 0. The van der Waals surface area contributed by atoms with Crippen molar-refractivity contribution in [1.82, 2.24) is 10.1 Å². The number of hydrogen-bond acceptors (Lipinski definition) is 5. The third-order valence-corrected chi connectivity index (χ3v) is 3.66. The number of anilines is 1. The second-order valence-electron chi connectivity index (χ2n) is 5.46. The molecule has 1 heterocycles. The number of nitrogens with two attached hydrogens (primary N) is 1. The Morgan fingerprint density at radius 2 is 1.64 bits per heavy atom. The number of rotatable bonds is 4. The number of hydrogen-bond donors (Lipinski definition) is 1. The highest BCUT2D eigenvalue weighted by atomic mass is 16.5. The van der Waals surface area contributed by atoms with E-state index in [-0.39, 0.29) is 0 Å². The molecule has 4 aromatic rings. The van der Waals surface area contributed by atoms with Crippen LogP contribution in [0.5, 0.6) is 11.5 Å². The molecule has 122 valence electrons. The molecular formula is C20H15N3O2. The highest BCUT2D eigenvalue weighted by Gasteiger charge is 2.15. The lowest BCUT2D eigenvalue weighted by Gasteiger charge is -2.08. The van der Waals surface area contributed by atoms with Crippen molar-refractivity contribution < 1.29 is 9.26 Å². The van der Waals surface area contributed by atoms with Gasteiger partial charge < -0.3 is 15.0 Å². The van der Waals surface area contributed by atoms with Crippen molar-refractivity contribution in [2.45, 2.75) is 0 Å². The van der Waals surface area contributed by atoms with Crippen LogP contribution in [0.3, 0.4) is 0 Å². The minimum Gasteiger partial charge on any atom is -0.457 e. The quantitative estimate of drug-likeness (QED) is 0.545. The zero-order valence-corrected chi connectivity index (χ0v) is 13.3. The SMILES string of the molecule is Nc1cccc(-c2noc(-c3ccccc3Oc3ccccc3)n2)c1. The maximum Gasteiger partial charge on any atom is 0.262 e. The molecule has 5 nitrogen and oxygen atoms in total. The molecule has 25 heavy (non-hydrogen) atoms. The minimum atomic E-state index is 0.393. The van der Waals surface area contributed by atoms with Crippen molar-refractivity contribution in [2.75, 3.05) is 5.73 Å². The van der Waals surface area contributed by atoms with Gasteiger partial charge in [-0.1, -0.05) is 47.6 Å². The Labute approximate surface area is 144 Å². The van der Waals surface area contributed by atoms with E-state index in [1.165, 1.54) is 0 Å². The van der Waals surface area contributed by atoms with Crippen LogP contribution >= 0.6 is 0 Å². The van der Waals surface area contributed by atoms with Crippen LogP contribution < -0.4 is 10.5 Å². The van der Waals surface area contributed by atoms with Crippen LogP contribution in [0.1, 0.15) is 0 Å². The van der Waals surface area contributed by atoms with E-state index in [9.17, 15) is 0 Å². The lowest BCUT2D eigenvalue weighted by atomic mass is 10.2. The first-order valence-electron chi connectivity index (χ1n) is 7.81. The third-order valence-electron chi connectivity index (χ3n) is 3.66. The Morgan fingerprint density at radius 3 is 2.48 bits per heavy atom. The number of nitrogens with zero attached hydrogens (tertiary/aromatic N) is 2. The summed E-state index contributed by atoms with van der Waals surface area (Å²) in [6, 6.07) is 24.5. The van der Waals surface area contributed by atoms with Crippen LogP contribution in [0, 0.1) is 0 Å². The van der Waals surface area contributed by atoms with E-state index in [2.05, 4.69) is 10.1 Å². The van der Waals surface area contributed by atoms with Gasteiger partial charge in [-0.15, -0.1) is 0 Å². The molecule has 0 aliphatic rings. The number of para-hydroxylation sites is 2. The third kappa shape index (κ3) is 3.21. The Kier molecular flexibility index (Phi) is 3.88. The van der Waals surface area contributed by atoms with Crippen LogP contribution in [0.2, 0.25) is 0 Å². The van der Waals surface area contributed by atoms with E-state index in [0.717, 1.165) is 16.9 Å². The van der Waals surface area contributed by atoms with Gasteiger partial charge in [0.15, 0.2) is 0 Å². The highest BCUT2D eigenvalue weighted by molar-refractivity contribution is 5.67. The van der Waals surface area contributed by atoms with E-state index in [1.54, 1.807) is 6.07 Å². The van der Waals surface area contributed by atoms with Crippen LogP contribution in [0.15, 0.2) is 83.4 Å². The normalized spacial score (nSPS) is 10.6. The van der Waals surface area contributed by atoms with E-state index in [0.29, 0.717) is 23.2 Å². The molecule has 0 saturated heterocycles. The molecule has 0 amide bonds. The molecule has 0 saturated carbocycles. The lowest BCUT2D eigenvalue weighted by molar-refractivity contribution is 0.427. The van der Waals surface area contributed by atoms with Gasteiger partial charge in [0, 0.05) is 11.3 Å². The Balaban J connectivity index is 1.69. The molecule has 0 unspecified atom stereocenters. The molecular weight excluding hydrogens is 314 g/mol. The predicted octanol–water partition coefficient (Wildman–Crippen LogP) is 4.78. The molecule has 3 aromatic carbocycles. The van der Waals surface area contributed by atoms with E-state index < -0.39 is 0 Å². The summed E-state index contributed by atoms with van der Waals surface area (Å²) in [5, 5.41) is 4.05. The predicted molar refractivity (Wildman–Crippen MR) is 96.1 cm³/mol. The number of ether oxygens (including phenoxy) is 1. The van der Waals surface area contributed by atoms with Gasteiger partial charge in [0.1, 0.15) is 11.5 Å². The van der Waals surface area contributed by atoms with Gasteiger partial charge in [-0.3, -0.25) is 0 Å². The molecule has 0 aliphatic carbocycles. The van der Waals surface area contributed by atoms with Crippen molar-refractivity contribution in [3.63, 3.8) is 0 Å². The first-order chi connectivity index (χ1) is 12.3. The summed E-state index contributed by atoms with van der Waals surface area (Å²) in [5.41, 5.74) is 8.00. The number of aromatic nitrogens is 2. The van der Waals surface area contributed by atoms with Crippen LogP contribution in [-0.4, -0.2) is 10.1 Å². The fraction of sp³-hybridized carbons (Fsp3) is 0. The summed E-state index contributed by atoms with van der Waals surface area (Å²) in [7, 11) is 0. The van der Waals surface area contributed by atoms with Crippen molar-refractivity contribution in [2.24, 2.45) is 0 Å². The Morgan fingerprint density at radius 1 is 0.840 bits per heavy atom. The standard InChI is InChI=1S/C20H15N3O2/c21-15-8-6-7-14(13-15)19-22-20(25-23-19)17-11-4-5-12-18(17)24-16-9-2-1-3-10-16/h1-13H,21H2. The maximum atomic E-state index is 5.95. The zero-order chi connectivity index (χ0) is 17.1. The van der Waals surface area contributed by atoms with Gasteiger partial charge in [0.25, 0.3) is 5.89 Å². The molecule has 1 aromatic heterocycles. The van der Waals surface area contributed by atoms with Crippen molar-refractivity contribution >= 4 is 5.69 Å². The first kappa shape index (κ1) is 15.0. The number of benzene rings is 3. The molecule has 0 atom stereocenters. The molecule has 0 spiro atoms. The van der Waals surface area contributed by atoms with E-state index in [4.69, 9.17) is 15.0 Å². The minimum absolute atomic E-state index is 0.393. The molecule has 0 radical (unpaired) electrons. The summed E-state index contributed by atoms with van der Waals surface area (Å²) in [6.07, 6.45) is 0. The monoisotopic (exact) mass is 329 g/mol. The van der Waals surface area contributed by atoms with Gasteiger partial charge in [0.2, 0.25) is 5.82 Å². The topological polar surface area (TPSA) is 74.2 Å². The summed E-state index contributed by atoms with van der Waals surface area (Å²) in [4.78, 5) is 4.48. The summed E-state index contributed by atoms with van der Waals surface area (Å²) < 4.78 is 11.4. The van der Waals surface area contributed by atoms with Crippen molar-refractivity contribution in [3.05, 3.63) is 78.9 Å². The van der Waals surface area contributed by atoms with Crippen LogP contribution in [0.4, 0.5) is 5.69 Å². The largest absolute Gasteiger partial charge is 0.457 e. The fourth-order valence-electron chi connectivity index (χ4n) is 2.48. The Bertz CT molecular complexity index is 997. The fourth-order valence-corrected chi connectivity index (χ4v) is 2.48. The van der Waals surface area contributed by atoms with Crippen molar-refractivity contribution in [3.8, 4) is 34.3 Å². The molecule has 0 fully saturated rings. The van der Waals surface area contributed by atoms with E-state index in [1.807, 2.05) is 72.8 Å². The molecule has 0 bridgehead atoms. The average Bonchev–Trinajstić information content (AvgIpc) is 3.13. The lowest BCUT2D eigenvalue weighted by Crippen LogP contribution is -1.89. The molecule has 4 rings (SSSR count). The van der Waals surface area contributed by atoms with Crippen LogP contribution in [-0.2, 0) is 0 Å². The molecule has 0 aliphatic heterocycles. The second kappa shape index (κ2) is 6.49. The second-order valence-corrected chi connectivity index (χ2v) is 5.46. The van der Waals surface area contributed by atoms with Gasteiger partial charge in [-0.25, -0.2) is 0 Å². The average molecular weight is 329 g/mol. The maximum absolute atomic E-state index is 5.95. The zero-order valence-electron chi connectivity index (χ0n) is 13.3. The van der Waals surface area contributed by atoms with Gasteiger partial charge in [-0.2, -0.15) is 4.98 Å². The van der Waals surface area contributed by atoms with E-state index >= 15 is 0 Å². The number of nitrogen functional groups attached to an aromatic ring is 1. The molecule has 2 N–H and O–H groups in total.